The molecule has 6 aliphatic heterocycles. The van der Waals surface area contributed by atoms with Gasteiger partial charge in [-0.05, 0) is 203 Å². The molecule has 6 unspecified atom stereocenters. The number of thiocarbonyl (C=S) groups is 3. The topological polar surface area (TPSA) is 81.9 Å². The molecule has 516 valence electrons. The minimum Gasteiger partial charge on any atom is -0.371 e. The zero-order valence-electron chi connectivity index (χ0n) is 58.3. The van der Waals surface area contributed by atoms with Crippen molar-refractivity contribution in [1.82, 2.24) is 26.6 Å². The Bertz CT molecular complexity index is 4270. The van der Waals surface area contributed by atoms with Crippen molar-refractivity contribution < 1.29 is 4.39 Å². The summed E-state index contributed by atoms with van der Waals surface area (Å²) in [6.45, 7) is 14.7. The van der Waals surface area contributed by atoms with E-state index in [9.17, 15) is 4.39 Å². The fraction of sp³-hybridized carbons (Fsp3) is 0.307. The van der Waals surface area contributed by atoms with Gasteiger partial charge in [0.1, 0.15) is 5.82 Å². The summed E-state index contributed by atoms with van der Waals surface area (Å²) >= 11 is 16.6. The second kappa shape index (κ2) is 32.7. The molecule has 7 aliphatic rings. The van der Waals surface area contributed by atoms with Crippen molar-refractivity contribution in [3.05, 3.63) is 320 Å². The van der Waals surface area contributed by atoms with Crippen LogP contribution in [0, 0.1) is 5.82 Å². The molecule has 6 heterocycles. The normalized spacial score (nSPS) is 19.4. The van der Waals surface area contributed by atoms with Crippen LogP contribution in [0.2, 0.25) is 0 Å². The van der Waals surface area contributed by atoms with Crippen molar-refractivity contribution in [3.8, 4) is 0 Å². The molecule has 9 aromatic rings. The molecule has 1 aliphatic carbocycles. The highest BCUT2D eigenvalue weighted by atomic mass is 32.1. The van der Waals surface area contributed by atoms with Crippen LogP contribution in [0.4, 0.5) is 27.1 Å². The first kappa shape index (κ1) is 69.0. The number of rotatable bonds is 16. The maximum Gasteiger partial charge on any atom is 0.170 e. The first-order valence-corrected chi connectivity index (χ1v) is 38.1. The lowest BCUT2D eigenvalue weighted by Crippen LogP contribution is -2.38. The molecule has 0 saturated heterocycles. The Morgan fingerprint density at radius 2 is 0.733 bits per heavy atom. The van der Waals surface area contributed by atoms with Crippen LogP contribution in [0.15, 0.2) is 236 Å². The lowest BCUT2D eigenvalue weighted by Gasteiger charge is -2.43. The van der Waals surface area contributed by atoms with Crippen LogP contribution in [0.3, 0.4) is 0 Å². The van der Waals surface area contributed by atoms with Crippen molar-refractivity contribution >= 4 is 74.7 Å². The average molecular weight is 1390 g/mol. The van der Waals surface area contributed by atoms with Crippen LogP contribution in [0.1, 0.15) is 179 Å². The second-order valence-corrected chi connectivity index (χ2v) is 29.2. The average Bonchev–Trinajstić information content (AvgIpc) is 1.22. The highest BCUT2D eigenvalue weighted by Crippen LogP contribution is 2.53. The highest BCUT2D eigenvalue weighted by molar-refractivity contribution is 7.80. The third-order valence-corrected chi connectivity index (χ3v) is 22.4. The quantitative estimate of drug-likeness (QED) is 0.0522. The summed E-state index contributed by atoms with van der Waals surface area (Å²) < 4.78 is 14.1. The zero-order valence-corrected chi connectivity index (χ0v) is 60.7. The van der Waals surface area contributed by atoms with Gasteiger partial charge in [0.15, 0.2) is 15.3 Å². The monoisotopic (exact) mass is 1390 g/mol. The molecule has 6 N–H and O–H groups in total. The largest absolute Gasteiger partial charge is 0.371 e. The summed E-state index contributed by atoms with van der Waals surface area (Å²) in [5.41, 5.74) is 25.8. The maximum atomic E-state index is 14.1. The van der Waals surface area contributed by atoms with Gasteiger partial charge in [-0.25, -0.2) is 4.39 Å². The smallest absolute Gasteiger partial charge is 0.170 e. The van der Waals surface area contributed by atoms with E-state index in [2.05, 4.69) is 273 Å². The van der Waals surface area contributed by atoms with Crippen molar-refractivity contribution in [2.75, 3.05) is 78.9 Å². The molecule has 0 saturated carbocycles. The van der Waals surface area contributed by atoms with Crippen LogP contribution in [-0.2, 0) is 13.1 Å². The summed E-state index contributed by atoms with van der Waals surface area (Å²) in [7, 11) is 0. The maximum absolute atomic E-state index is 14.1. The molecule has 0 aromatic heterocycles. The number of allylic oxidation sites excluding steroid dienone is 3. The van der Waals surface area contributed by atoms with Crippen molar-refractivity contribution in [2.24, 2.45) is 0 Å². The van der Waals surface area contributed by atoms with Gasteiger partial charge in [0.2, 0.25) is 0 Å². The lowest BCUT2D eigenvalue weighted by atomic mass is 9.76. The van der Waals surface area contributed by atoms with Gasteiger partial charge in [-0.2, -0.15) is 0 Å². The van der Waals surface area contributed by atoms with Crippen molar-refractivity contribution in [2.45, 2.75) is 114 Å². The Hall–Kier alpha value is -9.14. The Balaban J connectivity index is 0.000000129. The molecule has 101 heavy (non-hydrogen) atoms. The Morgan fingerprint density at radius 1 is 0.386 bits per heavy atom. The summed E-state index contributed by atoms with van der Waals surface area (Å²) in [5.74, 6) is 2.06. The van der Waals surface area contributed by atoms with E-state index in [1.165, 1.54) is 114 Å². The van der Waals surface area contributed by atoms with Gasteiger partial charge >= 0.3 is 0 Å². The summed E-state index contributed by atoms with van der Waals surface area (Å²) in [5, 5.41) is 22.2. The fourth-order valence-electron chi connectivity index (χ4n) is 16.9. The van der Waals surface area contributed by atoms with Crippen molar-refractivity contribution in [1.29, 1.82) is 0 Å². The van der Waals surface area contributed by atoms with E-state index < -0.39 is 0 Å². The van der Waals surface area contributed by atoms with Gasteiger partial charge in [0.05, 0.1) is 0 Å². The van der Waals surface area contributed by atoms with E-state index in [0.717, 1.165) is 132 Å². The van der Waals surface area contributed by atoms with Gasteiger partial charge in [-0.3, -0.25) is 0 Å². The molecular formula is C88H94FN9S3. The van der Waals surface area contributed by atoms with Gasteiger partial charge in [0, 0.05) is 130 Å². The fourth-order valence-corrected chi connectivity index (χ4v) is 17.5. The minimum absolute atomic E-state index is 0.166. The highest BCUT2D eigenvalue weighted by Gasteiger charge is 2.39. The third-order valence-electron chi connectivity index (χ3n) is 21.6. The van der Waals surface area contributed by atoms with E-state index in [1.54, 1.807) is 6.07 Å². The molecule has 0 spiro atoms. The summed E-state index contributed by atoms with van der Waals surface area (Å²) in [6.07, 6.45) is 15.2. The SMILES string of the molecule is CCCNC(=S)Nc1cc2c3c(c1)C(c1cccc(F)c1)CCN3CCC2c1ccccc1.CCNC(=S)NCc1cc2c3c(c1)C(c1ccccc1)CCN3CCC2c1ccccc1.S=C(NCC1=CC=CC1)NCc1cc2c3c(c1)C(c1ccccc1)CCN3CCC2c1ccccc1. The summed E-state index contributed by atoms with van der Waals surface area (Å²) in [6, 6.07) is 76.2. The van der Waals surface area contributed by atoms with Crippen LogP contribution in [-0.4, -0.2) is 74.2 Å². The predicted octanol–water partition coefficient (Wildman–Crippen LogP) is 18.4. The Kier molecular flexibility index (Phi) is 22.3. The first-order chi connectivity index (χ1) is 49.6. The molecular weight excluding hydrogens is 1300 g/mol. The Morgan fingerprint density at radius 3 is 1.08 bits per heavy atom. The second-order valence-electron chi connectivity index (χ2n) is 28.0. The number of nitrogens with one attached hydrogen (secondary N) is 6. The van der Waals surface area contributed by atoms with Gasteiger partial charge < -0.3 is 46.6 Å². The molecule has 9 nitrogen and oxygen atoms in total. The predicted molar refractivity (Wildman–Crippen MR) is 430 cm³/mol. The molecule has 6 atom stereocenters. The number of hydrogen-bond donors (Lipinski definition) is 6. The van der Waals surface area contributed by atoms with E-state index in [4.69, 9.17) is 36.7 Å². The number of halogens is 1. The van der Waals surface area contributed by atoms with Crippen LogP contribution in [0.5, 0.6) is 0 Å². The van der Waals surface area contributed by atoms with E-state index in [1.807, 2.05) is 6.07 Å². The number of benzene rings is 9. The van der Waals surface area contributed by atoms with Crippen LogP contribution in [0.25, 0.3) is 0 Å². The van der Waals surface area contributed by atoms with E-state index in [0.29, 0.717) is 34.7 Å². The first-order valence-electron chi connectivity index (χ1n) is 36.8. The molecule has 0 fully saturated rings. The van der Waals surface area contributed by atoms with Gasteiger partial charge in [-0.1, -0.05) is 213 Å². The Labute approximate surface area is 614 Å². The zero-order chi connectivity index (χ0) is 69.0. The van der Waals surface area contributed by atoms with Crippen molar-refractivity contribution in [3.63, 3.8) is 0 Å². The molecule has 0 amide bonds. The molecule has 0 bridgehead atoms. The van der Waals surface area contributed by atoms with Crippen LogP contribution >= 0.6 is 36.7 Å². The minimum atomic E-state index is -0.176. The number of anilines is 4. The number of hydrogen-bond acceptors (Lipinski definition) is 6. The van der Waals surface area contributed by atoms with E-state index in [-0.39, 0.29) is 11.7 Å². The molecule has 13 heteroatoms. The standard InChI is InChI=1S/C32H33N3S.C28H30FN3S.C28H31N3S/c36-32(33-21-23-9-7-8-10-23)34-22-24-19-29-27(25-11-3-1-4-12-25)15-17-35-18-16-28(30(20-24)31(29)35)26-13-5-2-6-14-26;1-2-13-30-28(33)31-22-17-25-23(19-7-4-3-5-8-19)11-14-32-15-12-24(26(18-22)27(25)32)20-9-6-10-21(29)16-20;1-2-29-28(32)30-19-20-17-25-23(21-9-5-3-6-10-21)13-15-31-16-14-24(26(18-20)27(25)31)22-11-7-4-8-12-22/h1-9,11-14,19-20,27-28H,10,15-18,21-22H2,(H2,33,34,36);3-10,16-18,23-24H,2,11-15H2,1H3,(H2,30,31,33);3-12,17-18,23-24H,2,13-16,19H2,1H3,(H2,29,30,32). The van der Waals surface area contributed by atoms with Gasteiger partial charge in [0.25, 0.3) is 0 Å². The third kappa shape index (κ3) is 16.0. The molecule has 0 radical (unpaired) electrons. The molecule has 9 aromatic carbocycles. The van der Waals surface area contributed by atoms with Crippen LogP contribution < -0.4 is 46.6 Å². The number of nitrogens with zero attached hydrogens (tertiary/aromatic N) is 3. The van der Waals surface area contributed by atoms with Gasteiger partial charge in [-0.15, -0.1) is 0 Å². The lowest BCUT2D eigenvalue weighted by molar-refractivity contribution is 0.567. The van der Waals surface area contributed by atoms with E-state index >= 15 is 0 Å². The molecule has 16 rings (SSSR count). The summed E-state index contributed by atoms with van der Waals surface area (Å²) in [4.78, 5) is 7.79.